The van der Waals surface area contributed by atoms with Crippen molar-refractivity contribution in [1.29, 1.82) is 0 Å². The van der Waals surface area contributed by atoms with Crippen molar-refractivity contribution in [3.8, 4) is 5.75 Å². The molecular weight excluding hydrogens is 276 g/mol. The summed E-state index contributed by atoms with van der Waals surface area (Å²) >= 11 is 0. The number of hydrogen-bond acceptors (Lipinski definition) is 3. The Labute approximate surface area is 128 Å². The summed E-state index contributed by atoms with van der Waals surface area (Å²) in [6.07, 6.45) is 0. The number of rotatable bonds is 4. The number of benzene rings is 3. The van der Waals surface area contributed by atoms with Gasteiger partial charge in [0.25, 0.3) is 0 Å². The van der Waals surface area contributed by atoms with E-state index in [2.05, 4.69) is 17.3 Å². The first-order chi connectivity index (χ1) is 10.8. The third-order valence-electron chi connectivity index (χ3n) is 3.48. The van der Waals surface area contributed by atoms with Crippen LogP contribution in [0, 0.1) is 0 Å². The zero-order chi connectivity index (χ0) is 15.4. The zero-order valence-corrected chi connectivity index (χ0v) is 11.9. The van der Waals surface area contributed by atoms with E-state index < -0.39 is 0 Å². The second kappa shape index (κ2) is 6.18. The third kappa shape index (κ3) is 3.01. The summed E-state index contributed by atoms with van der Waals surface area (Å²) in [6.45, 7) is 0.467. The van der Waals surface area contributed by atoms with Gasteiger partial charge in [0, 0.05) is 5.56 Å². The van der Waals surface area contributed by atoms with Crippen LogP contribution in [0.25, 0.3) is 10.8 Å². The number of nitrogens with two attached hydrogens (primary N) is 1. The molecule has 0 saturated carbocycles. The highest BCUT2D eigenvalue weighted by molar-refractivity contribution is 5.96. The Morgan fingerprint density at radius 3 is 2.41 bits per heavy atom. The van der Waals surface area contributed by atoms with Crippen LogP contribution in [-0.2, 0) is 6.61 Å². The second-order valence-electron chi connectivity index (χ2n) is 4.98. The van der Waals surface area contributed by atoms with Gasteiger partial charge >= 0.3 is 0 Å². The molecule has 0 bridgehead atoms. The fraction of sp³-hybridized carbons (Fsp3) is 0.0556. The fourth-order valence-electron chi connectivity index (χ4n) is 2.25. The van der Waals surface area contributed by atoms with Crippen LogP contribution in [0.2, 0.25) is 0 Å². The van der Waals surface area contributed by atoms with Crippen molar-refractivity contribution in [3.63, 3.8) is 0 Å². The smallest absolute Gasteiger partial charge is 0.170 e. The second-order valence-corrected chi connectivity index (χ2v) is 4.98. The highest BCUT2D eigenvalue weighted by atomic mass is 16.5. The molecule has 0 atom stereocenters. The van der Waals surface area contributed by atoms with Crippen molar-refractivity contribution >= 4 is 16.6 Å². The summed E-state index contributed by atoms with van der Waals surface area (Å²) in [4.78, 5) is 0. The van der Waals surface area contributed by atoms with Gasteiger partial charge in [0.15, 0.2) is 5.84 Å². The molecule has 3 aromatic carbocycles. The molecule has 0 aliphatic rings. The normalized spacial score (nSPS) is 11.5. The Hall–Kier alpha value is -3.01. The Balaban J connectivity index is 1.71. The van der Waals surface area contributed by atoms with E-state index in [4.69, 9.17) is 15.7 Å². The van der Waals surface area contributed by atoms with E-state index in [1.54, 1.807) is 12.1 Å². The van der Waals surface area contributed by atoms with Crippen LogP contribution >= 0.6 is 0 Å². The molecule has 3 aromatic rings. The van der Waals surface area contributed by atoms with Gasteiger partial charge in [-0.05, 0) is 28.5 Å². The van der Waals surface area contributed by atoms with E-state index in [0.29, 0.717) is 12.2 Å². The van der Waals surface area contributed by atoms with Gasteiger partial charge in [0.2, 0.25) is 0 Å². The van der Waals surface area contributed by atoms with Crippen molar-refractivity contribution in [1.82, 2.24) is 0 Å². The maximum Gasteiger partial charge on any atom is 0.170 e. The lowest BCUT2D eigenvalue weighted by Gasteiger charge is -2.08. The Bertz CT molecular complexity index is 811. The molecule has 0 unspecified atom stereocenters. The molecule has 0 aromatic heterocycles. The predicted octanol–water partition coefficient (Wildman–Crippen LogP) is 3.51. The number of ether oxygens (including phenoxy) is 1. The summed E-state index contributed by atoms with van der Waals surface area (Å²) in [5, 5.41) is 14.0. The highest BCUT2D eigenvalue weighted by Gasteiger charge is 2.01. The lowest BCUT2D eigenvalue weighted by atomic mass is 10.1. The molecule has 0 radical (unpaired) electrons. The maximum absolute atomic E-state index is 8.63. The molecule has 0 amide bonds. The zero-order valence-electron chi connectivity index (χ0n) is 11.9. The SMILES string of the molecule is N/C(=N\O)c1ccc(COc2ccc3ccccc3c2)cc1. The van der Waals surface area contributed by atoms with Crippen LogP contribution in [0.15, 0.2) is 71.9 Å². The Morgan fingerprint density at radius 1 is 0.955 bits per heavy atom. The number of amidine groups is 1. The molecule has 0 fully saturated rings. The fourth-order valence-corrected chi connectivity index (χ4v) is 2.25. The molecule has 0 aliphatic heterocycles. The van der Waals surface area contributed by atoms with Gasteiger partial charge < -0.3 is 15.7 Å². The summed E-state index contributed by atoms with van der Waals surface area (Å²) in [7, 11) is 0. The van der Waals surface area contributed by atoms with Gasteiger partial charge in [-0.2, -0.15) is 0 Å². The number of fused-ring (bicyclic) bond motifs is 1. The molecule has 4 nitrogen and oxygen atoms in total. The summed E-state index contributed by atoms with van der Waals surface area (Å²) < 4.78 is 5.82. The minimum atomic E-state index is 0.0991. The molecule has 0 aliphatic carbocycles. The Morgan fingerprint density at radius 2 is 1.68 bits per heavy atom. The summed E-state index contributed by atoms with van der Waals surface area (Å²) in [5.74, 6) is 0.932. The van der Waals surface area contributed by atoms with Crippen molar-refractivity contribution < 1.29 is 9.94 Å². The van der Waals surface area contributed by atoms with E-state index in [0.717, 1.165) is 16.7 Å². The molecule has 22 heavy (non-hydrogen) atoms. The van der Waals surface area contributed by atoms with Gasteiger partial charge in [-0.1, -0.05) is 59.8 Å². The van der Waals surface area contributed by atoms with Crippen LogP contribution in [0.1, 0.15) is 11.1 Å². The van der Waals surface area contributed by atoms with E-state index in [9.17, 15) is 0 Å². The molecule has 0 heterocycles. The molecule has 3 rings (SSSR count). The monoisotopic (exact) mass is 292 g/mol. The third-order valence-corrected chi connectivity index (χ3v) is 3.48. The molecule has 0 spiro atoms. The Kier molecular flexibility index (Phi) is 3.92. The van der Waals surface area contributed by atoms with Crippen LogP contribution < -0.4 is 10.5 Å². The van der Waals surface area contributed by atoms with E-state index in [1.807, 2.05) is 42.5 Å². The topological polar surface area (TPSA) is 67.8 Å². The lowest BCUT2D eigenvalue weighted by molar-refractivity contribution is 0.306. The van der Waals surface area contributed by atoms with E-state index >= 15 is 0 Å². The van der Waals surface area contributed by atoms with E-state index in [1.165, 1.54) is 5.39 Å². The quantitative estimate of drug-likeness (QED) is 0.334. The first-order valence-corrected chi connectivity index (χ1v) is 6.95. The summed E-state index contributed by atoms with van der Waals surface area (Å²) in [6, 6.07) is 21.6. The van der Waals surface area contributed by atoms with Crippen LogP contribution in [0.5, 0.6) is 5.75 Å². The minimum Gasteiger partial charge on any atom is -0.489 e. The first-order valence-electron chi connectivity index (χ1n) is 6.95. The van der Waals surface area contributed by atoms with Gasteiger partial charge in [-0.15, -0.1) is 0 Å². The minimum absolute atomic E-state index is 0.0991. The largest absolute Gasteiger partial charge is 0.489 e. The lowest BCUT2D eigenvalue weighted by Crippen LogP contribution is -2.12. The predicted molar refractivity (Wildman–Crippen MR) is 87.2 cm³/mol. The van der Waals surface area contributed by atoms with Crippen LogP contribution in [-0.4, -0.2) is 11.0 Å². The molecular formula is C18H16N2O2. The average Bonchev–Trinajstić information content (AvgIpc) is 2.59. The highest BCUT2D eigenvalue weighted by Crippen LogP contribution is 2.21. The number of nitrogens with zero attached hydrogens (tertiary/aromatic N) is 1. The molecule has 3 N–H and O–H groups in total. The van der Waals surface area contributed by atoms with Crippen molar-refractivity contribution in [2.75, 3.05) is 0 Å². The van der Waals surface area contributed by atoms with Gasteiger partial charge in [0.05, 0.1) is 0 Å². The standard InChI is InChI=1S/C18H16N2O2/c19-18(20-21)15-7-5-13(6-8-15)12-22-17-10-9-14-3-1-2-4-16(14)11-17/h1-11,21H,12H2,(H2,19,20). The molecule has 110 valence electrons. The molecule has 4 heteroatoms. The first kappa shape index (κ1) is 13.9. The number of hydrogen-bond donors (Lipinski definition) is 2. The van der Waals surface area contributed by atoms with Crippen molar-refractivity contribution in [2.24, 2.45) is 10.9 Å². The van der Waals surface area contributed by atoms with Gasteiger partial charge in [0.1, 0.15) is 12.4 Å². The van der Waals surface area contributed by atoms with Gasteiger partial charge in [-0.25, -0.2) is 0 Å². The molecule has 0 saturated heterocycles. The van der Waals surface area contributed by atoms with Crippen LogP contribution in [0.4, 0.5) is 0 Å². The van der Waals surface area contributed by atoms with Crippen molar-refractivity contribution in [3.05, 3.63) is 77.9 Å². The van der Waals surface area contributed by atoms with E-state index in [-0.39, 0.29) is 5.84 Å². The number of oxime groups is 1. The summed E-state index contributed by atoms with van der Waals surface area (Å²) in [5.41, 5.74) is 7.23. The maximum atomic E-state index is 8.63. The van der Waals surface area contributed by atoms with Gasteiger partial charge in [-0.3, -0.25) is 0 Å². The average molecular weight is 292 g/mol. The van der Waals surface area contributed by atoms with Crippen LogP contribution in [0.3, 0.4) is 0 Å². The van der Waals surface area contributed by atoms with Crippen molar-refractivity contribution in [2.45, 2.75) is 6.61 Å².